The molecular weight excluding hydrogens is 242 g/mol. The van der Waals surface area contributed by atoms with Crippen LogP contribution in [-0.4, -0.2) is 24.2 Å². The van der Waals surface area contributed by atoms with E-state index in [0.717, 1.165) is 0 Å². The van der Waals surface area contributed by atoms with E-state index in [2.05, 4.69) is 5.32 Å². The Morgan fingerprint density at radius 2 is 2.11 bits per heavy atom. The van der Waals surface area contributed by atoms with Gasteiger partial charge in [-0.15, -0.1) is 0 Å². The van der Waals surface area contributed by atoms with Crippen molar-refractivity contribution < 1.29 is 14.6 Å². The molecule has 1 fully saturated rings. The molecule has 1 saturated carbocycles. The van der Waals surface area contributed by atoms with Gasteiger partial charge in [0.05, 0.1) is 12.7 Å². The third-order valence-corrected chi connectivity index (χ3v) is 3.91. The molecule has 0 radical (unpaired) electrons. The highest BCUT2D eigenvalue weighted by molar-refractivity contribution is 5.97. The van der Waals surface area contributed by atoms with Gasteiger partial charge < -0.3 is 15.2 Å². The SMILES string of the molecule is COc1ccc(O)c(C(=O)NC(C)C2CCCC2)c1. The summed E-state index contributed by atoms with van der Waals surface area (Å²) in [5, 5.41) is 12.7. The van der Waals surface area contributed by atoms with Crippen molar-refractivity contribution in [2.45, 2.75) is 38.6 Å². The van der Waals surface area contributed by atoms with E-state index in [1.807, 2.05) is 6.92 Å². The van der Waals surface area contributed by atoms with Crippen molar-refractivity contribution in [3.63, 3.8) is 0 Å². The average molecular weight is 263 g/mol. The van der Waals surface area contributed by atoms with Crippen LogP contribution in [0.2, 0.25) is 0 Å². The van der Waals surface area contributed by atoms with Crippen LogP contribution in [0.1, 0.15) is 43.0 Å². The van der Waals surface area contributed by atoms with Crippen molar-refractivity contribution in [3.05, 3.63) is 23.8 Å². The number of methoxy groups -OCH3 is 1. The van der Waals surface area contributed by atoms with Crippen molar-refractivity contribution in [1.29, 1.82) is 0 Å². The molecule has 1 aliphatic carbocycles. The summed E-state index contributed by atoms with van der Waals surface area (Å²) in [6.45, 7) is 2.03. The van der Waals surface area contributed by atoms with Gasteiger partial charge in [0.15, 0.2) is 0 Å². The Bertz CT molecular complexity index is 453. The summed E-state index contributed by atoms with van der Waals surface area (Å²) in [5.41, 5.74) is 0.268. The zero-order chi connectivity index (χ0) is 13.8. The molecule has 1 aromatic rings. The van der Waals surface area contributed by atoms with Crippen LogP contribution < -0.4 is 10.1 Å². The standard InChI is InChI=1S/C15H21NO3/c1-10(11-5-3-4-6-11)16-15(18)13-9-12(19-2)7-8-14(13)17/h7-11,17H,3-6H2,1-2H3,(H,16,18). The van der Waals surface area contributed by atoms with Crippen LogP contribution in [0, 0.1) is 5.92 Å². The summed E-state index contributed by atoms with van der Waals surface area (Å²) >= 11 is 0. The van der Waals surface area contributed by atoms with Crippen molar-refractivity contribution in [1.82, 2.24) is 5.32 Å². The van der Waals surface area contributed by atoms with E-state index in [4.69, 9.17) is 4.74 Å². The molecule has 0 bridgehead atoms. The number of carbonyl (C=O) groups excluding carboxylic acids is 1. The minimum absolute atomic E-state index is 0.0167. The Balaban J connectivity index is 2.06. The van der Waals surface area contributed by atoms with Gasteiger partial charge in [0.25, 0.3) is 5.91 Å². The van der Waals surface area contributed by atoms with E-state index in [-0.39, 0.29) is 23.3 Å². The Morgan fingerprint density at radius 1 is 1.42 bits per heavy atom. The summed E-state index contributed by atoms with van der Waals surface area (Å²) < 4.78 is 5.07. The number of hydrogen-bond acceptors (Lipinski definition) is 3. The third kappa shape index (κ3) is 3.19. The van der Waals surface area contributed by atoms with Gasteiger partial charge in [-0.1, -0.05) is 12.8 Å². The van der Waals surface area contributed by atoms with Crippen molar-refractivity contribution in [2.75, 3.05) is 7.11 Å². The van der Waals surface area contributed by atoms with Crippen LogP contribution in [0.5, 0.6) is 11.5 Å². The lowest BCUT2D eigenvalue weighted by atomic mass is 9.99. The van der Waals surface area contributed by atoms with E-state index in [9.17, 15) is 9.90 Å². The Morgan fingerprint density at radius 3 is 2.74 bits per heavy atom. The van der Waals surface area contributed by atoms with Gasteiger partial charge >= 0.3 is 0 Å². The van der Waals surface area contributed by atoms with Gasteiger partial charge in [-0.3, -0.25) is 4.79 Å². The first kappa shape index (κ1) is 13.7. The predicted molar refractivity (Wildman–Crippen MR) is 73.5 cm³/mol. The first-order chi connectivity index (χ1) is 9.11. The highest BCUT2D eigenvalue weighted by Crippen LogP contribution is 2.28. The maximum Gasteiger partial charge on any atom is 0.255 e. The van der Waals surface area contributed by atoms with Crippen LogP contribution in [0.25, 0.3) is 0 Å². The van der Waals surface area contributed by atoms with Gasteiger partial charge in [0.1, 0.15) is 11.5 Å². The lowest BCUT2D eigenvalue weighted by Crippen LogP contribution is -2.37. The molecule has 0 saturated heterocycles. The van der Waals surface area contributed by atoms with E-state index in [1.165, 1.54) is 38.9 Å². The fourth-order valence-electron chi connectivity index (χ4n) is 2.68. The number of benzene rings is 1. The van der Waals surface area contributed by atoms with Gasteiger partial charge in [0.2, 0.25) is 0 Å². The number of ether oxygens (including phenoxy) is 1. The maximum absolute atomic E-state index is 12.2. The zero-order valence-corrected chi connectivity index (χ0v) is 11.5. The summed E-state index contributed by atoms with van der Waals surface area (Å²) in [5.74, 6) is 0.862. The van der Waals surface area contributed by atoms with E-state index in [1.54, 1.807) is 12.1 Å². The van der Waals surface area contributed by atoms with Crippen LogP contribution in [0.3, 0.4) is 0 Å². The van der Waals surface area contributed by atoms with Crippen LogP contribution in [-0.2, 0) is 0 Å². The lowest BCUT2D eigenvalue weighted by molar-refractivity contribution is 0.0924. The molecule has 2 rings (SSSR count). The zero-order valence-electron chi connectivity index (χ0n) is 11.5. The first-order valence-corrected chi connectivity index (χ1v) is 6.79. The molecule has 1 unspecified atom stereocenters. The Hall–Kier alpha value is -1.71. The van der Waals surface area contributed by atoms with E-state index >= 15 is 0 Å². The van der Waals surface area contributed by atoms with Crippen LogP contribution in [0.15, 0.2) is 18.2 Å². The monoisotopic (exact) mass is 263 g/mol. The number of phenols is 1. The largest absolute Gasteiger partial charge is 0.507 e. The fourth-order valence-corrected chi connectivity index (χ4v) is 2.68. The number of carbonyl (C=O) groups is 1. The van der Waals surface area contributed by atoms with E-state index in [0.29, 0.717) is 11.7 Å². The second kappa shape index (κ2) is 5.95. The second-order valence-corrected chi connectivity index (χ2v) is 5.19. The maximum atomic E-state index is 12.2. The number of amides is 1. The molecule has 2 N–H and O–H groups in total. The molecule has 1 atom stereocenters. The van der Waals surface area contributed by atoms with Crippen molar-refractivity contribution >= 4 is 5.91 Å². The average Bonchev–Trinajstić information content (AvgIpc) is 2.93. The predicted octanol–water partition coefficient (Wildman–Crippen LogP) is 2.71. The van der Waals surface area contributed by atoms with Gasteiger partial charge in [0, 0.05) is 6.04 Å². The van der Waals surface area contributed by atoms with Gasteiger partial charge in [-0.2, -0.15) is 0 Å². The minimum Gasteiger partial charge on any atom is -0.507 e. The second-order valence-electron chi connectivity index (χ2n) is 5.19. The molecule has 0 heterocycles. The smallest absolute Gasteiger partial charge is 0.255 e. The topological polar surface area (TPSA) is 58.6 Å². The molecule has 0 spiro atoms. The number of aromatic hydroxyl groups is 1. The van der Waals surface area contributed by atoms with E-state index < -0.39 is 0 Å². The normalized spacial score (nSPS) is 17.2. The summed E-state index contributed by atoms with van der Waals surface area (Å²) in [6, 6.07) is 4.81. The van der Waals surface area contributed by atoms with Crippen LogP contribution >= 0.6 is 0 Å². The summed E-state index contributed by atoms with van der Waals surface area (Å²) in [4.78, 5) is 12.2. The van der Waals surface area contributed by atoms with Gasteiger partial charge in [-0.05, 0) is 43.9 Å². The molecule has 1 amide bonds. The molecule has 104 valence electrons. The highest BCUT2D eigenvalue weighted by atomic mass is 16.5. The van der Waals surface area contributed by atoms with Crippen molar-refractivity contribution in [3.8, 4) is 11.5 Å². The molecule has 0 aromatic heterocycles. The fraction of sp³-hybridized carbons (Fsp3) is 0.533. The Labute approximate surface area is 113 Å². The quantitative estimate of drug-likeness (QED) is 0.878. The number of phenolic OH excluding ortho intramolecular Hbond substituents is 1. The first-order valence-electron chi connectivity index (χ1n) is 6.79. The third-order valence-electron chi connectivity index (χ3n) is 3.91. The molecule has 4 nitrogen and oxygen atoms in total. The number of nitrogens with one attached hydrogen (secondary N) is 1. The van der Waals surface area contributed by atoms with Crippen LogP contribution in [0.4, 0.5) is 0 Å². The summed E-state index contributed by atoms with van der Waals surface area (Å²) in [7, 11) is 1.54. The van der Waals surface area contributed by atoms with Gasteiger partial charge in [-0.25, -0.2) is 0 Å². The molecular formula is C15H21NO3. The molecule has 1 aromatic carbocycles. The molecule has 1 aliphatic rings. The Kier molecular flexibility index (Phi) is 4.30. The number of hydrogen-bond donors (Lipinski definition) is 2. The molecule has 19 heavy (non-hydrogen) atoms. The highest BCUT2D eigenvalue weighted by Gasteiger charge is 2.24. The minimum atomic E-state index is -0.240. The summed E-state index contributed by atoms with van der Waals surface area (Å²) in [6.07, 6.45) is 4.83. The van der Waals surface area contributed by atoms with Crippen molar-refractivity contribution in [2.24, 2.45) is 5.92 Å². The lowest BCUT2D eigenvalue weighted by Gasteiger charge is -2.20. The molecule has 4 heteroatoms. The number of rotatable bonds is 4. The molecule has 0 aliphatic heterocycles.